The van der Waals surface area contributed by atoms with E-state index in [1.54, 1.807) is 17.0 Å². The highest BCUT2D eigenvalue weighted by molar-refractivity contribution is 9.10. The van der Waals surface area contributed by atoms with Crippen molar-refractivity contribution >= 4 is 39.1 Å². The van der Waals surface area contributed by atoms with Crippen LogP contribution in [0.4, 0.5) is 5.95 Å². The van der Waals surface area contributed by atoms with Gasteiger partial charge in [0.25, 0.3) is 5.91 Å². The number of carbonyl (C=O) groups is 1. The third kappa shape index (κ3) is 2.10. The van der Waals surface area contributed by atoms with E-state index >= 15 is 0 Å². The zero-order chi connectivity index (χ0) is 10.8. The third-order valence-corrected chi connectivity index (χ3v) is 3.71. The average molecular weight is 286 g/mol. The van der Waals surface area contributed by atoms with E-state index < -0.39 is 0 Å². The van der Waals surface area contributed by atoms with Crippen LogP contribution in [0, 0.1) is 0 Å². The smallest absolute Gasteiger partial charge is 0.269 e. The lowest BCUT2D eigenvalue weighted by molar-refractivity contribution is 0.102. The minimum absolute atomic E-state index is 0.147. The van der Waals surface area contributed by atoms with Crippen LogP contribution in [0.2, 0.25) is 0 Å². The number of aromatic nitrogens is 2. The Hall–Kier alpha value is -1.14. The summed E-state index contributed by atoms with van der Waals surface area (Å²) >= 11 is 4.70. The zero-order valence-corrected chi connectivity index (χ0v) is 10.3. The Balaban J connectivity index is 2.18. The summed E-state index contributed by atoms with van der Waals surface area (Å²) in [5.41, 5.74) is 0. The largest absolute Gasteiger partial charge is 0.320 e. The summed E-state index contributed by atoms with van der Waals surface area (Å²) in [7, 11) is 1.83. The van der Waals surface area contributed by atoms with Gasteiger partial charge in [-0.3, -0.25) is 10.1 Å². The highest BCUT2D eigenvalue weighted by atomic mass is 79.9. The molecule has 0 radical (unpaired) electrons. The predicted octanol–water partition coefficient (Wildman–Crippen LogP) is 2.50. The average Bonchev–Trinajstić information content (AvgIpc) is 2.76. The van der Waals surface area contributed by atoms with Crippen LogP contribution in [0.5, 0.6) is 0 Å². The van der Waals surface area contributed by atoms with Crippen LogP contribution in [0.25, 0.3) is 0 Å². The fourth-order valence-corrected chi connectivity index (χ4v) is 2.55. The summed E-state index contributed by atoms with van der Waals surface area (Å²) in [5, 5.41) is 4.59. The third-order valence-electron chi connectivity index (χ3n) is 1.87. The summed E-state index contributed by atoms with van der Waals surface area (Å²) in [6, 6.07) is 1.85. The maximum Gasteiger partial charge on any atom is 0.269 e. The molecule has 78 valence electrons. The lowest BCUT2D eigenvalue weighted by Gasteiger charge is -2.03. The number of rotatable bonds is 2. The molecule has 0 spiro atoms. The number of aryl methyl sites for hydroxylation is 1. The Morgan fingerprint density at radius 1 is 1.67 bits per heavy atom. The van der Waals surface area contributed by atoms with Crippen LogP contribution in [0.15, 0.2) is 28.3 Å². The molecule has 0 aliphatic carbocycles. The van der Waals surface area contributed by atoms with Crippen molar-refractivity contribution in [2.24, 2.45) is 7.05 Å². The fraction of sp³-hybridized carbons (Fsp3) is 0.111. The van der Waals surface area contributed by atoms with E-state index in [2.05, 4.69) is 26.2 Å². The first-order valence-corrected chi connectivity index (χ1v) is 5.87. The molecule has 1 N–H and O–H groups in total. The number of thiophene rings is 1. The second-order valence-corrected chi connectivity index (χ2v) is 4.68. The van der Waals surface area contributed by atoms with Gasteiger partial charge < -0.3 is 4.57 Å². The quantitative estimate of drug-likeness (QED) is 0.922. The molecule has 4 nitrogen and oxygen atoms in total. The van der Waals surface area contributed by atoms with Gasteiger partial charge in [0.1, 0.15) is 4.88 Å². The van der Waals surface area contributed by atoms with Crippen molar-refractivity contribution < 1.29 is 4.79 Å². The summed E-state index contributed by atoms with van der Waals surface area (Å²) in [5.74, 6) is 0.395. The van der Waals surface area contributed by atoms with E-state index in [9.17, 15) is 4.79 Å². The molecule has 0 saturated heterocycles. The van der Waals surface area contributed by atoms with Crippen LogP contribution in [0.3, 0.4) is 0 Å². The van der Waals surface area contributed by atoms with Gasteiger partial charge in [0, 0.05) is 23.9 Å². The van der Waals surface area contributed by atoms with Crippen molar-refractivity contribution in [3.05, 3.63) is 33.2 Å². The monoisotopic (exact) mass is 285 g/mol. The summed E-state index contributed by atoms with van der Waals surface area (Å²) in [6.07, 6.45) is 3.41. The second kappa shape index (κ2) is 4.16. The summed E-state index contributed by atoms with van der Waals surface area (Å²) in [6.45, 7) is 0. The number of hydrogen-bond donors (Lipinski definition) is 1. The van der Waals surface area contributed by atoms with Crippen LogP contribution < -0.4 is 5.32 Å². The first kappa shape index (κ1) is 10.4. The molecule has 2 aromatic heterocycles. The number of nitrogens with one attached hydrogen (secondary N) is 1. The molecule has 6 heteroatoms. The van der Waals surface area contributed by atoms with E-state index in [0.29, 0.717) is 10.8 Å². The molecular weight excluding hydrogens is 278 g/mol. The SMILES string of the molecule is Cn1ccnc1NC(=O)c1sccc1Br. The van der Waals surface area contributed by atoms with E-state index in [1.807, 2.05) is 18.5 Å². The minimum atomic E-state index is -0.147. The Kier molecular flexibility index (Phi) is 2.88. The van der Waals surface area contributed by atoms with Gasteiger partial charge >= 0.3 is 0 Å². The number of imidazole rings is 1. The van der Waals surface area contributed by atoms with Gasteiger partial charge in [-0.25, -0.2) is 4.98 Å². The minimum Gasteiger partial charge on any atom is -0.320 e. The van der Waals surface area contributed by atoms with Gasteiger partial charge in [0.2, 0.25) is 5.95 Å². The maximum atomic E-state index is 11.8. The molecule has 15 heavy (non-hydrogen) atoms. The molecule has 0 atom stereocenters. The van der Waals surface area contributed by atoms with Crippen LogP contribution in [-0.4, -0.2) is 15.5 Å². The number of hydrogen-bond acceptors (Lipinski definition) is 3. The Morgan fingerprint density at radius 3 is 3.00 bits per heavy atom. The van der Waals surface area contributed by atoms with Gasteiger partial charge in [0.15, 0.2) is 0 Å². The van der Waals surface area contributed by atoms with Crippen molar-refractivity contribution in [1.82, 2.24) is 9.55 Å². The normalized spacial score (nSPS) is 10.3. The van der Waals surface area contributed by atoms with Gasteiger partial charge in [-0.1, -0.05) is 0 Å². The first-order valence-electron chi connectivity index (χ1n) is 4.20. The maximum absolute atomic E-state index is 11.8. The molecule has 0 aliphatic heterocycles. The topological polar surface area (TPSA) is 46.9 Å². The van der Waals surface area contributed by atoms with Crippen molar-refractivity contribution in [3.63, 3.8) is 0 Å². The number of amides is 1. The molecule has 2 aromatic rings. The van der Waals surface area contributed by atoms with E-state index in [-0.39, 0.29) is 5.91 Å². The lowest BCUT2D eigenvalue weighted by atomic mass is 10.4. The molecule has 0 fully saturated rings. The van der Waals surface area contributed by atoms with Gasteiger partial charge in [-0.2, -0.15) is 0 Å². The first-order chi connectivity index (χ1) is 7.18. The summed E-state index contributed by atoms with van der Waals surface area (Å²) < 4.78 is 2.55. The Bertz CT molecular complexity index is 491. The zero-order valence-electron chi connectivity index (χ0n) is 7.90. The Morgan fingerprint density at radius 2 is 2.47 bits per heavy atom. The fourth-order valence-electron chi connectivity index (χ4n) is 1.10. The Labute approximate surface area is 99.1 Å². The van der Waals surface area contributed by atoms with Gasteiger partial charge in [0.05, 0.1) is 0 Å². The molecule has 2 heterocycles. The van der Waals surface area contributed by atoms with Crippen molar-refractivity contribution in [2.45, 2.75) is 0 Å². The van der Waals surface area contributed by atoms with E-state index in [4.69, 9.17) is 0 Å². The highest BCUT2D eigenvalue weighted by Gasteiger charge is 2.13. The number of carbonyl (C=O) groups excluding carboxylic acids is 1. The standard InChI is InChI=1S/C9H8BrN3OS/c1-13-4-3-11-9(13)12-8(14)7-6(10)2-5-15-7/h2-5H,1H3,(H,11,12,14). The van der Waals surface area contributed by atoms with E-state index in [1.165, 1.54) is 11.3 Å². The second-order valence-electron chi connectivity index (χ2n) is 2.91. The number of anilines is 1. The molecule has 1 amide bonds. The highest BCUT2D eigenvalue weighted by Crippen LogP contribution is 2.23. The van der Waals surface area contributed by atoms with Crippen LogP contribution in [0.1, 0.15) is 9.67 Å². The van der Waals surface area contributed by atoms with Crippen LogP contribution >= 0.6 is 27.3 Å². The molecule has 0 aliphatic rings. The molecule has 0 unspecified atom stereocenters. The molecule has 0 bridgehead atoms. The molecule has 0 aromatic carbocycles. The summed E-state index contributed by atoms with van der Waals surface area (Å²) in [4.78, 5) is 16.4. The number of halogens is 1. The predicted molar refractivity (Wildman–Crippen MR) is 63.2 cm³/mol. The van der Waals surface area contributed by atoms with Gasteiger partial charge in [-0.15, -0.1) is 11.3 Å². The molecule has 0 saturated carbocycles. The van der Waals surface area contributed by atoms with Crippen LogP contribution in [-0.2, 0) is 7.05 Å². The molecular formula is C9H8BrN3OS. The van der Waals surface area contributed by atoms with Crippen molar-refractivity contribution in [3.8, 4) is 0 Å². The van der Waals surface area contributed by atoms with Crippen molar-refractivity contribution in [2.75, 3.05) is 5.32 Å². The van der Waals surface area contributed by atoms with Gasteiger partial charge in [-0.05, 0) is 27.4 Å². The number of nitrogens with zero attached hydrogens (tertiary/aromatic N) is 2. The molecule has 2 rings (SSSR count). The van der Waals surface area contributed by atoms with Crippen molar-refractivity contribution in [1.29, 1.82) is 0 Å². The lowest BCUT2D eigenvalue weighted by Crippen LogP contribution is -2.13. The van der Waals surface area contributed by atoms with E-state index in [0.717, 1.165) is 4.47 Å².